The summed E-state index contributed by atoms with van der Waals surface area (Å²) in [7, 11) is 0. The average molecular weight is 352 g/mol. The maximum absolute atomic E-state index is 13.6. The van der Waals surface area contributed by atoms with Crippen molar-refractivity contribution < 1.29 is 13.9 Å². The molecule has 1 aliphatic heterocycles. The van der Waals surface area contributed by atoms with E-state index in [0.717, 1.165) is 5.52 Å². The lowest BCUT2D eigenvalue weighted by atomic mass is 10.1. The van der Waals surface area contributed by atoms with Gasteiger partial charge in [0, 0.05) is 17.6 Å². The van der Waals surface area contributed by atoms with E-state index in [2.05, 4.69) is 0 Å². The van der Waals surface area contributed by atoms with Gasteiger partial charge in [-0.05, 0) is 24.3 Å². The van der Waals surface area contributed by atoms with Crippen LogP contribution in [0.5, 0.6) is 5.75 Å². The topological polar surface area (TPSA) is 51.5 Å². The molecular formula is C20H17FN2O3. The summed E-state index contributed by atoms with van der Waals surface area (Å²) in [6.07, 6.45) is 1.43. The molecule has 0 atom stereocenters. The predicted molar refractivity (Wildman–Crippen MR) is 95.6 cm³/mol. The highest BCUT2D eigenvalue weighted by atomic mass is 19.1. The SMILES string of the molecule is O=C(Cn1ccc(=O)c2ccccc21)N1CC(Oc2ccccc2F)C1. The molecule has 26 heavy (non-hydrogen) atoms. The van der Waals surface area contributed by atoms with Gasteiger partial charge in [-0.25, -0.2) is 4.39 Å². The van der Waals surface area contributed by atoms with Gasteiger partial charge in [0.25, 0.3) is 0 Å². The number of pyridine rings is 1. The number of hydrogen-bond acceptors (Lipinski definition) is 3. The summed E-state index contributed by atoms with van der Waals surface area (Å²) in [6, 6.07) is 14.9. The number of aromatic nitrogens is 1. The lowest BCUT2D eigenvalue weighted by molar-refractivity contribution is -0.140. The number of ether oxygens (including phenoxy) is 1. The first-order chi connectivity index (χ1) is 12.6. The molecule has 1 aromatic heterocycles. The third-order valence-corrected chi connectivity index (χ3v) is 4.52. The van der Waals surface area contributed by atoms with Crippen LogP contribution in [0.25, 0.3) is 10.9 Å². The number of benzene rings is 2. The van der Waals surface area contributed by atoms with Gasteiger partial charge in [-0.2, -0.15) is 0 Å². The highest BCUT2D eigenvalue weighted by Crippen LogP contribution is 2.21. The van der Waals surface area contributed by atoms with E-state index in [1.165, 1.54) is 12.1 Å². The van der Waals surface area contributed by atoms with E-state index in [0.29, 0.717) is 18.5 Å². The molecule has 4 rings (SSSR count). The number of carbonyl (C=O) groups is 1. The second-order valence-corrected chi connectivity index (χ2v) is 6.29. The van der Waals surface area contributed by atoms with Crippen molar-refractivity contribution in [2.75, 3.05) is 13.1 Å². The van der Waals surface area contributed by atoms with Crippen LogP contribution in [0.3, 0.4) is 0 Å². The molecule has 132 valence electrons. The third-order valence-electron chi connectivity index (χ3n) is 4.52. The van der Waals surface area contributed by atoms with Crippen molar-refractivity contribution in [3.63, 3.8) is 0 Å². The minimum Gasteiger partial charge on any atom is -0.484 e. The maximum atomic E-state index is 13.6. The van der Waals surface area contributed by atoms with Gasteiger partial charge in [0.1, 0.15) is 12.6 Å². The van der Waals surface area contributed by atoms with Crippen molar-refractivity contribution in [3.8, 4) is 5.75 Å². The lowest BCUT2D eigenvalue weighted by Crippen LogP contribution is -2.57. The molecule has 0 unspecified atom stereocenters. The molecule has 0 spiro atoms. The summed E-state index contributed by atoms with van der Waals surface area (Å²) in [5.41, 5.74) is 0.666. The van der Waals surface area contributed by atoms with Gasteiger partial charge >= 0.3 is 0 Å². The highest BCUT2D eigenvalue weighted by Gasteiger charge is 2.32. The summed E-state index contributed by atoms with van der Waals surface area (Å²) in [4.78, 5) is 26.1. The molecule has 1 fully saturated rings. The van der Waals surface area contributed by atoms with Crippen molar-refractivity contribution in [2.24, 2.45) is 0 Å². The fourth-order valence-corrected chi connectivity index (χ4v) is 3.08. The average Bonchev–Trinajstić information content (AvgIpc) is 2.62. The Kier molecular flexibility index (Phi) is 4.16. The van der Waals surface area contributed by atoms with E-state index in [9.17, 15) is 14.0 Å². The normalized spacial score (nSPS) is 14.3. The van der Waals surface area contributed by atoms with E-state index >= 15 is 0 Å². The summed E-state index contributed by atoms with van der Waals surface area (Å²) in [6.45, 7) is 0.990. The van der Waals surface area contributed by atoms with Crippen LogP contribution in [0, 0.1) is 5.82 Å². The number of amides is 1. The van der Waals surface area contributed by atoms with Gasteiger partial charge in [-0.1, -0.05) is 24.3 Å². The zero-order chi connectivity index (χ0) is 18.1. The number of rotatable bonds is 4. The maximum Gasteiger partial charge on any atom is 0.242 e. The number of carbonyl (C=O) groups excluding carboxylic acids is 1. The van der Waals surface area contributed by atoms with Crippen LogP contribution in [0.2, 0.25) is 0 Å². The molecule has 2 aromatic carbocycles. The molecule has 2 heterocycles. The van der Waals surface area contributed by atoms with Crippen molar-refractivity contribution >= 4 is 16.8 Å². The first-order valence-corrected chi connectivity index (χ1v) is 8.39. The van der Waals surface area contributed by atoms with Gasteiger partial charge in [0.05, 0.1) is 18.6 Å². The van der Waals surface area contributed by atoms with Crippen LogP contribution in [0.4, 0.5) is 4.39 Å². The monoisotopic (exact) mass is 352 g/mol. The molecule has 0 N–H and O–H groups in total. The lowest BCUT2D eigenvalue weighted by Gasteiger charge is -2.39. The minimum absolute atomic E-state index is 0.0628. The van der Waals surface area contributed by atoms with Gasteiger partial charge in [-0.15, -0.1) is 0 Å². The Morgan fingerprint density at radius 2 is 1.81 bits per heavy atom. The molecule has 0 bridgehead atoms. The zero-order valence-corrected chi connectivity index (χ0v) is 14.0. The second kappa shape index (κ2) is 6.63. The van der Waals surface area contributed by atoms with E-state index in [4.69, 9.17) is 4.74 Å². The number of fused-ring (bicyclic) bond motifs is 1. The quantitative estimate of drug-likeness (QED) is 0.725. The number of halogens is 1. The van der Waals surface area contributed by atoms with Crippen molar-refractivity contribution in [1.82, 2.24) is 9.47 Å². The second-order valence-electron chi connectivity index (χ2n) is 6.29. The van der Waals surface area contributed by atoms with Crippen LogP contribution in [0.15, 0.2) is 65.6 Å². The molecule has 0 saturated carbocycles. The van der Waals surface area contributed by atoms with Crippen LogP contribution in [-0.2, 0) is 11.3 Å². The molecule has 1 saturated heterocycles. The Bertz CT molecular complexity index is 1020. The standard InChI is InChI=1S/C20H17FN2O3/c21-16-6-2-4-8-19(16)26-14-11-23(12-14)20(25)13-22-10-9-18(24)15-5-1-3-7-17(15)22/h1-10,14H,11-13H2. The number of hydrogen-bond donors (Lipinski definition) is 0. The molecule has 0 radical (unpaired) electrons. The third kappa shape index (κ3) is 3.06. The Balaban J connectivity index is 1.41. The van der Waals surface area contributed by atoms with Crippen LogP contribution in [-0.4, -0.2) is 34.6 Å². The Morgan fingerprint density at radius 3 is 2.62 bits per heavy atom. The Hall–Kier alpha value is -3.15. The number of nitrogens with zero attached hydrogens (tertiary/aromatic N) is 2. The number of likely N-dealkylation sites (tertiary alicyclic amines) is 1. The van der Waals surface area contributed by atoms with Gasteiger partial charge < -0.3 is 14.2 Å². The Morgan fingerprint density at radius 1 is 1.08 bits per heavy atom. The van der Waals surface area contributed by atoms with Crippen LogP contribution >= 0.6 is 0 Å². The summed E-state index contributed by atoms with van der Waals surface area (Å²) in [5.74, 6) is -0.264. The van der Waals surface area contributed by atoms with E-state index in [1.807, 2.05) is 12.1 Å². The molecule has 0 aliphatic carbocycles. The molecule has 5 nitrogen and oxygen atoms in total. The van der Waals surface area contributed by atoms with Gasteiger partial charge in [0.2, 0.25) is 5.91 Å². The minimum atomic E-state index is -0.406. The fraction of sp³-hybridized carbons (Fsp3) is 0.200. The predicted octanol–water partition coefficient (Wildman–Crippen LogP) is 2.43. The summed E-state index contributed by atoms with van der Waals surface area (Å²) >= 11 is 0. The molecule has 6 heteroatoms. The zero-order valence-electron chi connectivity index (χ0n) is 14.0. The van der Waals surface area contributed by atoms with Crippen molar-refractivity contribution in [1.29, 1.82) is 0 Å². The van der Waals surface area contributed by atoms with E-state index < -0.39 is 5.82 Å². The molecule has 3 aromatic rings. The van der Waals surface area contributed by atoms with E-state index in [1.54, 1.807) is 46.0 Å². The molecule has 1 amide bonds. The summed E-state index contributed by atoms with van der Waals surface area (Å²) in [5, 5.41) is 0.590. The molecular weight excluding hydrogens is 335 g/mol. The Labute approximate surface area is 149 Å². The first-order valence-electron chi connectivity index (χ1n) is 8.39. The summed E-state index contributed by atoms with van der Waals surface area (Å²) < 4.78 is 20.9. The van der Waals surface area contributed by atoms with Crippen LogP contribution < -0.4 is 10.2 Å². The van der Waals surface area contributed by atoms with Crippen molar-refractivity contribution in [2.45, 2.75) is 12.6 Å². The molecule has 1 aliphatic rings. The first kappa shape index (κ1) is 16.3. The smallest absolute Gasteiger partial charge is 0.242 e. The van der Waals surface area contributed by atoms with Gasteiger partial charge in [-0.3, -0.25) is 9.59 Å². The largest absolute Gasteiger partial charge is 0.484 e. The van der Waals surface area contributed by atoms with E-state index in [-0.39, 0.29) is 29.7 Å². The van der Waals surface area contributed by atoms with Gasteiger partial charge in [0.15, 0.2) is 17.0 Å². The number of para-hydroxylation sites is 2. The highest BCUT2D eigenvalue weighted by molar-refractivity contribution is 5.82. The van der Waals surface area contributed by atoms with Crippen LogP contribution in [0.1, 0.15) is 0 Å². The fourth-order valence-electron chi connectivity index (χ4n) is 3.08. The van der Waals surface area contributed by atoms with Crippen molar-refractivity contribution in [3.05, 3.63) is 76.8 Å².